The van der Waals surface area contributed by atoms with Crippen LogP contribution in [0.1, 0.15) is 44.6 Å². The van der Waals surface area contributed by atoms with Gasteiger partial charge in [-0.3, -0.25) is 0 Å². The molecular weight excluding hydrogens is 288 g/mol. The molecular formula is C16H21BrO. The largest absolute Gasteiger partial charge is 0.361 e. The predicted molar refractivity (Wildman–Crippen MR) is 80.5 cm³/mol. The van der Waals surface area contributed by atoms with Crippen molar-refractivity contribution in [1.29, 1.82) is 0 Å². The van der Waals surface area contributed by atoms with Crippen LogP contribution in [0.4, 0.5) is 0 Å². The van der Waals surface area contributed by atoms with Crippen LogP contribution in [0.3, 0.4) is 0 Å². The molecule has 0 heterocycles. The molecule has 1 rings (SSSR count). The zero-order valence-electron chi connectivity index (χ0n) is 11.0. The minimum absolute atomic E-state index is 0.0430. The van der Waals surface area contributed by atoms with E-state index in [-0.39, 0.29) is 6.10 Å². The highest BCUT2D eigenvalue weighted by molar-refractivity contribution is 9.12. The van der Waals surface area contributed by atoms with Crippen molar-refractivity contribution in [2.24, 2.45) is 0 Å². The molecule has 0 amide bonds. The summed E-state index contributed by atoms with van der Waals surface area (Å²) < 4.78 is 5.85. The summed E-state index contributed by atoms with van der Waals surface area (Å²) in [4.78, 5) is 2.78. The van der Waals surface area contributed by atoms with Crippen LogP contribution < -0.4 is 0 Å². The minimum atomic E-state index is 0.0430. The van der Waals surface area contributed by atoms with E-state index in [0.29, 0.717) is 6.61 Å². The standard InChI is InChI=1S/C16H21BrO/c1-2-3-4-8-11-16(12-13-17)18-14-15-9-6-5-7-10-15/h5-7,9-10,16H,2-4,8,11,14H2,1H3. The van der Waals surface area contributed by atoms with Gasteiger partial charge in [0.15, 0.2) is 0 Å². The zero-order chi connectivity index (χ0) is 13.1. The van der Waals surface area contributed by atoms with E-state index in [1.807, 2.05) is 18.2 Å². The van der Waals surface area contributed by atoms with Gasteiger partial charge in [0.05, 0.1) is 6.61 Å². The fourth-order valence-corrected chi connectivity index (χ4v) is 2.04. The lowest BCUT2D eigenvalue weighted by Gasteiger charge is -2.12. The Kier molecular flexibility index (Phi) is 8.63. The lowest BCUT2D eigenvalue weighted by atomic mass is 10.1. The van der Waals surface area contributed by atoms with E-state index in [1.165, 1.54) is 31.2 Å². The molecule has 0 radical (unpaired) electrons. The Hall–Kier alpha value is -0.780. The maximum absolute atomic E-state index is 5.85. The summed E-state index contributed by atoms with van der Waals surface area (Å²) in [5, 5.41) is 0. The van der Waals surface area contributed by atoms with Gasteiger partial charge in [-0.1, -0.05) is 62.4 Å². The van der Waals surface area contributed by atoms with Crippen LogP contribution in [-0.2, 0) is 11.3 Å². The van der Waals surface area contributed by atoms with E-state index in [0.717, 1.165) is 6.42 Å². The van der Waals surface area contributed by atoms with Crippen molar-refractivity contribution in [1.82, 2.24) is 0 Å². The van der Waals surface area contributed by atoms with Gasteiger partial charge in [0.25, 0.3) is 0 Å². The molecule has 1 unspecified atom stereocenters. The third-order valence-corrected chi connectivity index (χ3v) is 3.06. The van der Waals surface area contributed by atoms with Gasteiger partial charge < -0.3 is 4.74 Å². The molecule has 0 aliphatic heterocycles. The van der Waals surface area contributed by atoms with E-state index in [9.17, 15) is 0 Å². The van der Waals surface area contributed by atoms with E-state index in [4.69, 9.17) is 4.74 Å². The molecule has 1 aromatic rings. The van der Waals surface area contributed by atoms with Crippen molar-refractivity contribution < 1.29 is 4.74 Å². The Morgan fingerprint density at radius 3 is 2.61 bits per heavy atom. The highest BCUT2D eigenvalue weighted by atomic mass is 79.9. The Labute approximate surface area is 119 Å². The van der Waals surface area contributed by atoms with Crippen molar-refractivity contribution in [3.05, 3.63) is 35.9 Å². The van der Waals surface area contributed by atoms with Gasteiger partial charge in [0, 0.05) is 15.9 Å². The number of benzene rings is 1. The van der Waals surface area contributed by atoms with Gasteiger partial charge in [-0.15, -0.1) is 0 Å². The normalized spacial score (nSPS) is 11.7. The first kappa shape index (κ1) is 15.3. The number of ether oxygens (including phenoxy) is 1. The van der Waals surface area contributed by atoms with E-state index in [2.05, 4.69) is 45.7 Å². The summed E-state index contributed by atoms with van der Waals surface area (Å²) >= 11 is 3.16. The van der Waals surface area contributed by atoms with Crippen molar-refractivity contribution in [2.45, 2.75) is 51.7 Å². The number of halogens is 1. The second-order valence-electron chi connectivity index (χ2n) is 4.37. The van der Waals surface area contributed by atoms with Crippen molar-refractivity contribution in [3.63, 3.8) is 0 Å². The molecule has 0 aliphatic carbocycles. The molecule has 1 atom stereocenters. The Morgan fingerprint density at radius 2 is 1.94 bits per heavy atom. The number of unbranched alkanes of at least 4 members (excludes halogenated alkanes) is 3. The maximum atomic E-state index is 5.85. The predicted octanol–water partition coefficient (Wildman–Crippen LogP) is 4.90. The monoisotopic (exact) mass is 308 g/mol. The molecule has 1 aromatic carbocycles. The minimum Gasteiger partial charge on any atom is -0.361 e. The van der Waals surface area contributed by atoms with Gasteiger partial charge in [-0.25, -0.2) is 0 Å². The highest BCUT2D eigenvalue weighted by Gasteiger charge is 2.05. The van der Waals surface area contributed by atoms with E-state index < -0.39 is 0 Å². The van der Waals surface area contributed by atoms with Crippen LogP contribution in [0.25, 0.3) is 0 Å². The molecule has 1 nitrogen and oxygen atoms in total. The summed E-state index contributed by atoms with van der Waals surface area (Å²) in [6.45, 7) is 2.86. The summed E-state index contributed by atoms with van der Waals surface area (Å²) in [5.41, 5.74) is 1.20. The van der Waals surface area contributed by atoms with Gasteiger partial charge >= 0.3 is 0 Å². The Bertz CT molecular complexity index is 364. The number of hydrogen-bond donors (Lipinski definition) is 0. The average Bonchev–Trinajstić information content (AvgIpc) is 2.42. The smallest absolute Gasteiger partial charge is 0.119 e. The van der Waals surface area contributed by atoms with Crippen LogP contribution >= 0.6 is 15.9 Å². The molecule has 0 fully saturated rings. The first-order valence-electron chi connectivity index (χ1n) is 6.63. The lowest BCUT2D eigenvalue weighted by Crippen LogP contribution is -2.10. The fourth-order valence-electron chi connectivity index (χ4n) is 1.79. The maximum Gasteiger partial charge on any atom is 0.119 e. The molecule has 0 bridgehead atoms. The highest BCUT2D eigenvalue weighted by Crippen LogP contribution is 2.10. The number of hydrogen-bond acceptors (Lipinski definition) is 1. The van der Waals surface area contributed by atoms with Crippen LogP contribution in [0.15, 0.2) is 30.3 Å². The third kappa shape index (κ3) is 6.83. The van der Waals surface area contributed by atoms with Gasteiger partial charge in [0.2, 0.25) is 0 Å². The molecule has 0 aromatic heterocycles. The first-order valence-corrected chi connectivity index (χ1v) is 7.42. The van der Waals surface area contributed by atoms with Gasteiger partial charge in [0.1, 0.15) is 6.10 Å². The van der Waals surface area contributed by atoms with Gasteiger partial charge in [-0.05, 0) is 23.2 Å². The lowest BCUT2D eigenvalue weighted by molar-refractivity contribution is 0.0710. The summed E-state index contributed by atoms with van der Waals surface area (Å²) in [6.07, 6.45) is 6.08. The SMILES string of the molecule is CCCCCCC(C#CBr)OCc1ccccc1. The molecule has 0 aliphatic rings. The van der Waals surface area contributed by atoms with Crippen molar-refractivity contribution in [2.75, 3.05) is 0 Å². The molecule has 0 saturated carbocycles. The van der Waals surface area contributed by atoms with Crippen molar-refractivity contribution in [3.8, 4) is 10.8 Å². The average molecular weight is 309 g/mol. The Balaban J connectivity index is 2.31. The van der Waals surface area contributed by atoms with Crippen LogP contribution in [0.5, 0.6) is 0 Å². The van der Waals surface area contributed by atoms with Crippen molar-refractivity contribution >= 4 is 15.9 Å². The van der Waals surface area contributed by atoms with Crippen LogP contribution in [0.2, 0.25) is 0 Å². The Morgan fingerprint density at radius 1 is 1.17 bits per heavy atom. The first-order chi connectivity index (χ1) is 8.86. The summed E-state index contributed by atoms with van der Waals surface area (Å²) in [7, 11) is 0. The summed E-state index contributed by atoms with van der Waals surface area (Å²) in [5.74, 6) is 3.07. The molecule has 0 N–H and O–H groups in total. The summed E-state index contributed by atoms with van der Waals surface area (Å²) in [6, 6.07) is 10.2. The van der Waals surface area contributed by atoms with Crippen LogP contribution in [-0.4, -0.2) is 6.10 Å². The van der Waals surface area contributed by atoms with E-state index >= 15 is 0 Å². The van der Waals surface area contributed by atoms with Crippen LogP contribution in [0, 0.1) is 10.8 Å². The molecule has 2 heteroatoms. The van der Waals surface area contributed by atoms with E-state index in [1.54, 1.807) is 0 Å². The number of rotatable bonds is 8. The van der Waals surface area contributed by atoms with Gasteiger partial charge in [-0.2, -0.15) is 0 Å². The molecule has 0 saturated heterocycles. The quantitative estimate of drug-likeness (QED) is 0.490. The molecule has 98 valence electrons. The third-order valence-electron chi connectivity index (χ3n) is 2.83. The topological polar surface area (TPSA) is 9.23 Å². The molecule has 0 spiro atoms. The fraction of sp³-hybridized carbons (Fsp3) is 0.500. The second-order valence-corrected chi connectivity index (χ2v) is 4.77. The second kappa shape index (κ2) is 10.2. The zero-order valence-corrected chi connectivity index (χ0v) is 12.6. The molecule has 18 heavy (non-hydrogen) atoms.